The van der Waals surface area contributed by atoms with E-state index in [0.717, 1.165) is 16.6 Å². The number of fused-ring (bicyclic) bond motifs is 1. The third-order valence-electron chi connectivity index (χ3n) is 4.50. The average Bonchev–Trinajstić information content (AvgIpc) is 3.22. The van der Waals surface area contributed by atoms with Gasteiger partial charge in [0.2, 0.25) is 5.13 Å². The second-order valence-corrected chi connectivity index (χ2v) is 7.60. The third kappa shape index (κ3) is 4.18. The maximum absolute atomic E-state index is 12.4. The first-order chi connectivity index (χ1) is 14.5. The average molecular weight is 420 g/mol. The molecule has 8 heteroatoms. The predicted octanol–water partition coefficient (Wildman–Crippen LogP) is 4.44. The number of ether oxygens (including phenoxy) is 1. The zero-order chi connectivity index (χ0) is 21.1. The van der Waals surface area contributed by atoms with Gasteiger partial charge in [-0.25, -0.2) is 9.78 Å². The van der Waals surface area contributed by atoms with Crippen molar-refractivity contribution in [3.05, 3.63) is 69.9 Å². The predicted molar refractivity (Wildman–Crippen MR) is 122 cm³/mol. The van der Waals surface area contributed by atoms with E-state index in [-0.39, 0.29) is 0 Å². The topological polar surface area (TPSA) is 80.0 Å². The maximum Gasteiger partial charge on any atom is 0.345 e. The van der Waals surface area contributed by atoms with Crippen molar-refractivity contribution in [2.24, 2.45) is 5.10 Å². The van der Waals surface area contributed by atoms with Gasteiger partial charge in [-0.2, -0.15) is 5.10 Å². The van der Waals surface area contributed by atoms with Gasteiger partial charge in [-0.1, -0.05) is 12.1 Å². The van der Waals surface area contributed by atoms with Gasteiger partial charge in [-0.15, -0.1) is 11.3 Å². The standard InChI is InChI=1S/C22H20N4O3S/c1-26(2)16-6-4-14(5-7-16)12-23-25-22-24-19(13-30-22)18-11-15-10-17(28-3)8-9-20(15)29-21(18)27/h4-13H,1-3H3,(H,24,25)/b23-12+. The Balaban J connectivity index is 1.52. The Kier molecular flexibility index (Phi) is 5.49. The Morgan fingerprint density at radius 2 is 1.97 bits per heavy atom. The molecule has 0 fully saturated rings. The zero-order valence-electron chi connectivity index (χ0n) is 16.7. The van der Waals surface area contributed by atoms with Crippen LogP contribution in [0.1, 0.15) is 5.56 Å². The molecule has 0 aliphatic heterocycles. The number of rotatable bonds is 6. The summed E-state index contributed by atoms with van der Waals surface area (Å²) in [5, 5.41) is 7.37. The molecule has 2 aromatic carbocycles. The summed E-state index contributed by atoms with van der Waals surface area (Å²) in [6.07, 6.45) is 1.72. The van der Waals surface area contributed by atoms with Crippen molar-refractivity contribution in [3.63, 3.8) is 0 Å². The molecule has 0 radical (unpaired) electrons. The fourth-order valence-electron chi connectivity index (χ4n) is 2.88. The first-order valence-electron chi connectivity index (χ1n) is 9.18. The Morgan fingerprint density at radius 3 is 2.70 bits per heavy atom. The molecule has 0 aliphatic carbocycles. The monoisotopic (exact) mass is 420 g/mol. The van der Waals surface area contributed by atoms with Crippen molar-refractivity contribution in [2.45, 2.75) is 0 Å². The van der Waals surface area contributed by atoms with E-state index in [0.29, 0.717) is 27.7 Å². The highest BCUT2D eigenvalue weighted by Gasteiger charge is 2.12. The van der Waals surface area contributed by atoms with Gasteiger partial charge >= 0.3 is 5.63 Å². The number of methoxy groups -OCH3 is 1. The fourth-order valence-corrected chi connectivity index (χ4v) is 3.54. The molecule has 0 saturated heterocycles. The molecule has 0 amide bonds. The van der Waals surface area contributed by atoms with Crippen molar-refractivity contribution in [1.82, 2.24) is 4.98 Å². The number of anilines is 2. The molecular weight excluding hydrogens is 400 g/mol. The van der Waals surface area contributed by atoms with E-state index in [1.54, 1.807) is 36.9 Å². The molecule has 0 aliphatic rings. The van der Waals surface area contributed by atoms with Crippen LogP contribution in [0.4, 0.5) is 10.8 Å². The van der Waals surface area contributed by atoms with Crippen molar-refractivity contribution in [2.75, 3.05) is 31.5 Å². The molecule has 4 aromatic rings. The number of hydrazone groups is 1. The smallest absolute Gasteiger partial charge is 0.345 e. The Morgan fingerprint density at radius 1 is 1.17 bits per heavy atom. The first kappa shape index (κ1) is 19.7. The van der Waals surface area contributed by atoms with Crippen LogP contribution in [0.5, 0.6) is 5.75 Å². The molecule has 0 atom stereocenters. The molecule has 1 N–H and O–H groups in total. The molecule has 0 bridgehead atoms. The van der Waals surface area contributed by atoms with Crippen LogP contribution in [0.25, 0.3) is 22.2 Å². The lowest BCUT2D eigenvalue weighted by Gasteiger charge is -2.11. The number of nitrogens with one attached hydrogen (secondary N) is 1. The number of benzene rings is 2. The van der Waals surface area contributed by atoms with Crippen LogP contribution in [-0.4, -0.2) is 32.4 Å². The van der Waals surface area contributed by atoms with Crippen LogP contribution < -0.4 is 20.7 Å². The van der Waals surface area contributed by atoms with E-state index >= 15 is 0 Å². The molecule has 4 rings (SSSR count). The highest BCUT2D eigenvalue weighted by atomic mass is 32.1. The Labute approximate surface area is 177 Å². The van der Waals surface area contributed by atoms with Gasteiger partial charge in [0.05, 0.1) is 24.6 Å². The van der Waals surface area contributed by atoms with Gasteiger partial charge < -0.3 is 14.1 Å². The number of hydrogen-bond acceptors (Lipinski definition) is 8. The lowest BCUT2D eigenvalue weighted by molar-refractivity contribution is 0.415. The van der Waals surface area contributed by atoms with E-state index in [1.807, 2.05) is 49.3 Å². The van der Waals surface area contributed by atoms with E-state index in [2.05, 4.69) is 15.5 Å². The summed E-state index contributed by atoms with van der Waals surface area (Å²) in [6, 6.07) is 15.1. The molecular formula is C22H20N4O3S. The largest absolute Gasteiger partial charge is 0.497 e. The van der Waals surface area contributed by atoms with Crippen molar-refractivity contribution in [3.8, 4) is 17.0 Å². The summed E-state index contributed by atoms with van der Waals surface area (Å²) < 4.78 is 10.7. The lowest BCUT2D eigenvalue weighted by atomic mass is 10.1. The molecule has 7 nitrogen and oxygen atoms in total. The second-order valence-electron chi connectivity index (χ2n) is 6.75. The van der Waals surface area contributed by atoms with Gasteiger partial charge in [0.25, 0.3) is 0 Å². The van der Waals surface area contributed by atoms with Crippen molar-refractivity contribution in [1.29, 1.82) is 0 Å². The van der Waals surface area contributed by atoms with E-state index in [9.17, 15) is 4.79 Å². The summed E-state index contributed by atoms with van der Waals surface area (Å²) >= 11 is 1.36. The number of aromatic nitrogens is 1. The minimum absolute atomic E-state index is 0.392. The van der Waals surface area contributed by atoms with Crippen LogP contribution in [-0.2, 0) is 0 Å². The number of nitrogens with zero attached hydrogens (tertiary/aromatic N) is 3. The summed E-state index contributed by atoms with van der Waals surface area (Å²) in [4.78, 5) is 18.9. The van der Waals surface area contributed by atoms with Crippen molar-refractivity contribution >= 4 is 39.3 Å². The minimum Gasteiger partial charge on any atom is -0.497 e. The molecule has 0 spiro atoms. The van der Waals surface area contributed by atoms with Gasteiger partial charge in [0.15, 0.2) is 0 Å². The van der Waals surface area contributed by atoms with Crippen LogP contribution >= 0.6 is 11.3 Å². The van der Waals surface area contributed by atoms with E-state index < -0.39 is 5.63 Å². The van der Waals surface area contributed by atoms with Crippen molar-refractivity contribution < 1.29 is 9.15 Å². The Hall–Kier alpha value is -3.65. The maximum atomic E-state index is 12.4. The highest BCUT2D eigenvalue weighted by Crippen LogP contribution is 2.27. The first-order valence-corrected chi connectivity index (χ1v) is 10.1. The lowest BCUT2D eigenvalue weighted by Crippen LogP contribution is -2.08. The number of thiazole rings is 1. The summed E-state index contributed by atoms with van der Waals surface area (Å²) in [7, 11) is 5.59. The third-order valence-corrected chi connectivity index (χ3v) is 5.25. The summed E-state index contributed by atoms with van der Waals surface area (Å²) in [5.74, 6) is 0.691. The summed E-state index contributed by atoms with van der Waals surface area (Å²) in [5.41, 5.74) is 5.99. The van der Waals surface area contributed by atoms with Gasteiger partial charge in [-0.3, -0.25) is 5.43 Å². The zero-order valence-corrected chi connectivity index (χ0v) is 17.6. The highest BCUT2D eigenvalue weighted by molar-refractivity contribution is 7.14. The Bertz CT molecular complexity index is 1260. The normalized spacial score (nSPS) is 11.2. The van der Waals surface area contributed by atoms with Gasteiger partial charge in [-0.05, 0) is 42.0 Å². The van der Waals surface area contributed by atoms with Crippen LogP contribution in [0, 0.1) is 0 Å². The van der Waals surface area contributed by atoms with Crippen LogP contribution in [0.3, 0.4) is 0 Å². The number of hydrogen-bond donors (Lipinski definition) is 1. The second kappa shape index (κ2) is 8.38. The molecule has 152 valence electrons. The molecule has 30 heavy (non-hydrogen) atoms. The molecule has 0 saturated carbocycles. The van der Waals surface area contributed by atoms with Crippen LogP contribution in [0.15, 0.2) is 68.2 Å². The SMILES string of the molecule is COc1ccc2oc(=O)c(-c3csc(N/N=C/c4ccc(N(C)C)cc4)n3)cc2c1. The molecule has 2 aromatic heterocycles. The van der Waals surface area contributed by atoms with E-state index in [1.165, 1.54) is 11.3 Å². The van der Waals surface area contributed by atoms with Crippen LogP contribution in [0.2, 0.25) is 0 Å². The molecule has 0 unspecified atom stereocenters. The van der Waals surface area contributed by atoms with Gasteiger partial charge in [0, 0.05) is 30.5 Å². The van der Waals surface area contributed by atoms with E-state index in [4.69, 9.17) is 9.15 Å². The quantitative estimate of drug-likeness (QED) is 0.282. The van der Waals surface area contributed by atoms with Gasteiger partial charge in [0.1, 0.15) is 11.3 Å². The minimum atomic E-state index is -0.436. The summed E-state index contributed by atoms with van der Waals surface area (Å²) in [6.45, 7) is 0. The molecule has 2 heterocycles. The fraction of sp³-hybridized carbons (Fsp3) is 0.136.